The van der Waals surface area contributed by atoms with Gasteiger partial charge in [0, 0.05) is 23.2 Å². The number of aliphatic hydroxyl groups excluding tert-OH is 4. The molecule has 0 aliphatic heterocycles. The number of carbonyl (C=O) groups is 2. The first-order valence-corrected chi connectivity index (χ1v) is 15.5. The fourth-order valence-electron chi connectivity index (χ4n) is 5.90. The summed E-state index contributed by atoms with van der Waals surface area (Å²) in [6.45, 7) is 2.95. The Morgan fingerprint density at radius 2 is 0.977 bits per heavy atom. The third-order valence-electron chi connectivity index (χ3n) is 9.18. The van der Waals surface area contributed by atoms with E-state index in [9.17, 15) is 30.0 Å². The highest BCUT2D eigenvalue weighted by Gasteiger charge is 2.38. The zero-order valence-electron chi connectivity index (χ0n) is 25.3. The van der Waals surface area contributed by atoms with E-state index in [1.165, 1.54) is 12.2 Å². The molecule has 0 atom stereocenters. The van der Waals surface area contributed by atoms with Gasteiger partial charge in [0.1, 0.15) is 16.9 Å². The topological polar surface area (TPSA) is 139 Å². The summed E-state index contributed by atoms with van der Waals surface area (Å²) >= 11 is 0. The molecule has 0 aromatic heterocycles. The Morgan fingerprint density at radius 3 is 1.28 bits per heavy atom. The third-order valence-corrected chi connectivity index (χ3v) is 9.18. The fourth-order valence-corrected chi connectivity index (χ4v) is 5.90. The number of aliphatic hydroxyl groups is 4. The van der Waals surface area contributed by atoms with Gasteiger partial charge in [-0.15, -0.1) is 0 Å². The second kappa shape index (κ2) is 14.7. The molecule has 8 nitrogen and oxygen atoms in total. The van der Waals surface area contributed by atoms with Gasteiger partial charge in [0.25, 0.3) is 11.8 Å². The molecule has 0 heterocycles. The molecule has 43 heavy (non-hydrogen) atoms. The van der Waals surface area contributed by atoms with Crippen LogP contribution >= 0.6 is 0 Å². The molecule has 4 rings (SSSR count). The van der Waals surface area contributed by atoms with Crippen LogP contribution in [-0.4, -0.2) is 57.5 Å². The monoisotopic (exact) mass is 590 g/mol. The van der Waals surface area contributed by atoms with Crippen LogP contribution in [0.3, 0.4) is 0 Å². The molecule has 2 aromatic carbocycles. The van der Waals surface area contributed by atoms with Crippen molar-refractivity contribution >= 4 is 24.0 Å². The van der Waals surface area contributed by atoms with Crippen molar-refractivity contribution < 1.29 is 30.0 Å². The van der Waals surface area contributed by atoms with Crippen molar-refractivity contribution in [3.8, 4) is 0 Å². The van der Waals surface area contributed by atoms with E-state index >= 15 is 0 Å². The lowest BCUT2D eigenvalue weighted by Crippen LogP contribution is -2.37. The van der Waals surface area contributed by atoms with E-state index in [-0.39, 0.29) is 23.9 Å². The van der Waals surface area contributed by atoms with E-state index in [4.69, 9.17) is 0 Å². The Hall–Kier alpha value is -3.62. The van der Waals surface area contributed by atoms with E-state index < -0.39 is 30.1 Å². The molecule has 0 bridgehead atoms. The molecular formula is C35H46N2O6. The summed E-state index contributed by atoms with van der Waals surface area (Å²) < 4.78 is 0. The fraction of sp³-hybridized carbons (Fsp3) is 0.486. The largest absolute Gasteiger partial charge is 0.511 e. The Labute approximate surface area is 254 Å². The summed E-state index contributed by atoms with van der Waals surface area (Å²) in [7, 11) is 0. The van der Waals surface area contributed by atoms with E-state index in [1.807, 2.05) is 0 Å². The lowest BCUT2D eigenvalue weighted by atomic mass is 9.83. The minimum absolute atomic E-state index is 0.146. The van der Waals surface area contributed by atoms with Gasteiger partial charge in [-0.25, -0.2) is 0 Å². The van der Waals surface area contributed by atoms with Gasteiger partial charge in [-0.05, 0) is 111 Å². The highest BCUT2D eigenvalue weighted by Crippen LogP contribution is 2.35. The van der Waals surface area contributed by atoms with Crippen molar-refractivity contribution in [3.05, 3.63) is 82.3 Å². The molecule has 0 radical (unpaired) electrons. The number of rotatable bonds is 10. The molecule has 6 N–H and O–H groups in total. The lowest BCUT2D eigenvalue weighted by Gasteiger charge is -2.28. The molecule has 2 aromatic rings. The number of carbonyl (C=O) groups excluding carboxylic acids is 2. The SMILES string of the molecule is CC1CCC(NC(=O)c2ccc(C=C(O)C(CO)(CO)C(O)=Cc3ccc(C(=O)NC4CCC(C)CC4)cc3)cc2)CC1. The number of amides is 2. The minimum Gasteiger partial charge on any atom is -0.511 e. The molecule has 0 saturated heterocycles. The first-order valence-electron chi connectivity index (χ1n) is 15.5. The minimum atomic E-state index is -1.84. The van der Waals surface area contributed by atoms with Crippen LogP contribution in [0.25, 0.3) is 12.2 Å². The van der Waals surface area contributed by atoms with Gasteiger partial charge >= 0.3 is 0 Å². The van der Waals surface area contributed by atoms with Crippen molar-refractivity contribution in [2.45, 2.75) is 77.3 Å². The van der Waals surface area contributed by atoms with Gasteiger partial charge in [0.2, 0.25) is 0 Å². The average molecular weight is 591 g/mol. The van der Waals surface area contributed by atoms with E-state index in [1.54, 1.807) is 48.5 Å². The molecule has 2 saturated carbocycles. The van der Waals surface area contributed by atoms with Crippen molar-refractivity contribution in [1.29, 1.82) is 0 Å². The van der Waals surface area contributed by atoms with Crippen LogP contribution in [0.4, 0.5) is 0 Å². The van der Waals surface area contributed by atoms with Crippen LogP contribution in [0.2, 0.25) is 0 Å². The predicted octanol–water partition coefficient (Wildman–Crippen LogP) is 5.77. The standard InChI is InChI=1S/C35H46N2O6/c1-23-3-15-29(16-4-23)36-33(42)27-11-7-25(8-12-27)19-31(40)35(21-38,22-39)32(41)20-26-9-13-28(14-10-26)34(43)37-30-17-5-24(2)6-18-30/h7-14,19-20,23-24,29-30,38-41H,3-6,15-18,21-22H2,1-2H3,(H,36,42)(H,37,43). The van der Waals surface area contributed by atoms with E-state index in [2.05, 4.69) is 24.5 Å². The maximum absolute atomic E-state index is 12.7. The number of benzene rings is 2. The number of hydrogen-bond donors (Lipinski definition) is 6. The maximum atomic E-state index is 12.7. The van der Waals surface area contributed by atoms with Crippen molar-refractivity contribution in [2.75, 3.05) is 13.2 Å². The van der Waals surface area contributed by atoms with Crippen LogP contribution in [-0.2, 0) is 0 Å². The average Bonchev–Trinajstić information content (AvgIpc) is 3.01. The second-order valence-corrected chi connectivity index (χ2v) is 12.6. The first-order chi connectivity index (χ1) is 20.6. The summed E-state index contributed by atoms with van der Waals surface area (Å²) in [5.74, 6) is 0.230. The van der Waals surface area contributed by atoms with Gasteiger partial charge < -0.3 is 31.1 Å². The molecule has 2 aliphatic carbocycles. The number of hydrogen-bond acceptors (Lipinski definition) is 6. The lowest BCUT2D eigenvalue weighted by molar-refractivity contribution is 0.0487. The Bertz CT molecular complexity index is 1180. The summed E-state index contributed by atoms with van der Waals surface area (Å²) in [5, 5.41) is 48.5. The van der Waals surface area contributed by atoms with Gasteiger partial charge in [0.15, 0.2) is 0 Å². The normalized spacial score (nSPS) is 23.4. The number of nitrogens with one attached hydrogen (secondary N) is 2. The Balaban J connectivity index is 1.42. The Kier molecular flexibility index (Phi) is 11.0. The molecule has 2 fully saturated rings. The van der Waals surface area contributed by atoms with Crippen molar-refractivity contribution in [3.63, 3.8) is 0 Å². The highest BCUT2D eigenvalue weighted by molar-refractivity contribution is 5.95. The van der Waals surface area contributed by atoms with Gasteiger partial charge in [0.05, 0.1) is 13.2 Å². The van der Waals surface area contributed by atoms with Crippen molar-refractivity contribution in [1.82, 2.24) is 10.6 Å². The maximum Gasteiger partial charge on any atom is 0.251 e. The molecule has 0 spiro atoms. The highest BCUT2D eigenvalue weighted by atomic mass is 16.3. The molecule has 232 valence electrons. The zero-order chi connectivity index (χ0) is 31.0. The van der Waals surface area contributed by atoms with E-state index in [0.717, 1.165) is 51.4 Å². The summed E-state index contributed by atoms with van der Waals surface area (Å²) in [4.78, 5) is 25.4. The van der Waals surface area contributed by atoms with Gasteiger partial charge in [-0.1, -0.05) is 38.1 Å². The van der Waals surface area contributed by atoms with Gasteiger partial charge in [-0.3, -0.25) is 9.59 Å². The molecule has 2 aliphatic rings. The van der Waals surface area contributed by atoms with Crippen molar-refractivity contribution in [2.24, 2.45) is 17.3 Å². The van der Waals surface area contributed by atoms with Gasteiger partial charge in [-0.2, -0.15) is 0 Å². The smallest absolute Gasteiger partial charge is 0.251 e. The molecular weight excluding hydrogens is 544 g/mol. The van der Waals surface area contributed by atoms with Crippen LogP contribution in [0.15, 0.2) is 60.0 Å². The Morgan fingerprint density at radius 1 is 0.651 bits per heavy atom. The van der Waals surface area contributed by atoms with Crippen LogP contribution in [0.5, 0.6) is 0 Å². The third kappa shape index (κ3) is 8.27. The van der Waals surface area contributed by atoms with Crippen LogP contribution in [0, 0.1) is 17.3 Å². The van der Waals surface area contributed by atoms with E-state index in [0.29, 0.717) is 34.1 Å². The summed E-state index contributed by atoms with van der Waals surface area (Å²) in [6, 6.07) is 13.6. The zero-order valence-corrected chi connectivity index (χ0v) is 25.3. The second-order valence-electron chi connectivity index (χ2n) is 12.6. The molecule has 0 unspecified atom stereocenters. The first kappa shape index (κ1) is 32.3. The van der Waals surface area contributed by atoms with Crippen LogP contribution < -0.4 is 10.6 Å². The van der Waals surface area contributed by atoms with Crippen LogP contribution in [0.1, 0.15) is 97.1 Å². The quantitative estimate of drug-likeness (QED) is 0.194. The predicted molar refractivity (Wildman–Crippen MR) is 168 cm³/mol. The molecule has 8 heteroatoms. The summed E-state index contributed by atoms with van der Waals surface area (Å²) in [6.07, 6.45) is 11.0. The summed E-state index contributed by atoms with van der Waals surface area (Å²) in [5.41, 5.74) is 0.213. The molecule has 2 amide bonds.